The predicted molar refractivity (Wildman–Crippen MR) is 118 cm³/mol. The van der Waals surface area contributed by atoms with Gasteiger partial charge in [-0.1, -0.05) is 50.0 Å². The highest BCUT2D eigenvalue weighted by molar-refractivity contribution is 6.76. The lowest BCUT2D eigenvalue weighted by Gasteiger charge is -2.33. The van der Waals surface area contributed by atoms with E-state index in [9.17, 15) is 14.4 Å². The molecule has 0 saturated heterocycles. The van der Waals surface area contributed by atoms with Crippen LogP contribution < -0.4 is 0 Å². The molecule has 0 N–H and O–H groups in total. The van der Waals surface area contributed by atoms with Gasteiger partial charge in [-0.25, -0.2) is 9.59 Å². The lowest BCUT2D eigenvalue weighted by Crippen LogP contribution is -2.49. The topological polar surface area (TPSA) is 82.1 Å². The fourth-order valence-corrected chi connectivity index (χ4v) is 2.93. The highest BCUT2D eigenvalue weighted by Gasteiger charge is 2.30. The molecule has 0 spiro atoms. The van der Waals surface area contributed by atoms with Crippen LogP contribution in [0.2, 0.25) is 25.7 Å². The Kier molecular flexibility index (Phi) is 9.78. The molecule has 8 heteroatoms. The molecule has 0 heterocycles. The highest BCUT2D eigenvalue weighted by Crippen LogP contribution is 2.15. The Morgan fingerprint density at radius 2 is 1.63 bits per heavy atom. The van der Waals surface area contributed by atoms with Crippen LogP contribution in [0.3, 0.4) is 0 Å². The second kappa shape index (κ2) is 11.5. The first-order valence-electron chi connectivity index (χ1n) is 9.88. The van der Waals surface area contributed by atoms with E-state index >= 15 is 0 Å². The first-order chi connectivity index (χ1) is 13.9. The predicted octanol–water partition coefficient (Wildman–Crippen LogP) is 4.32. The van der Waals surface area contributed by atoms with E-state index in [2.05, 4.69) is 19.6 Å². The maximum Gasteiger partial charge on any atom is 0.413 e. The van der Waals surface area contributed by atoms with Gasteiger partial charge in [0.1, 0.15) is 6.54 Å². The summed E-state index contributed by atoms with van der Waals surface area (Å²) >= 11 is 0. The number of amides is 1. The van der Waals surface area contributed by atoms with Gasteiger partial charge in [-0.15, -0.1) is 0 Å². The lowest BCUT2D eigenvalue weighted by molar-refractivity contribution is -0.149. The summed E-state index contributed by atoms with van der Waals surface area (Å²) in [6, 6.07) is 10.1. The Morgan fingerprint density at radius 3 is 2.20 bits per heavy atom. The van der Waals surface area contributed by atoms with Crippen LogP contribution >= 0.6 is 0 Å². The van der Waals surface area contributed by atoms with E-state index in [0.29, 0.717) is 6.61 Å². The SMILES string of the molecule is CC(C)(C)N(CC(=O)OCC[Si](C)(C)C)C(=O)OCOC(=O)C=Cc1ccccc1. The third kappa shape index (κ3) is 10.8. The zero-order valence-electron chi connectivity index (χ0n) is 18.8. The van der Waals surface area contributed by atoms with Crippen molar-refractivity contribution < 1.29 is 28.6 Å². The number of hydrogen-bond acceptors (Lipinski definition) is 6. The highest BCUT2D eigenvalue weighted by atomic mass is 28.3. The molecule has 1 aromatic rings. The molecule has 30 heavy (non-hydrogen) atoms. The van der Waals surface area contributed by atoms with E-state index in [1.54, 1.807) is 26.8 Å². The van der Waals surface area contributed by atoms with Crippen LogP contribution in [0.4, 0.5) is 4.79 Å². The van der Waals surface area contributed by atoms with E-state index in [1.807, 2.05) is 30.3 Å². The molecule has 0 bridgehead atoms. The van der Waals surface area contributed by atoms with Gasteiger partial charge in [0.25, 0.3) is 0 Å². The van der Waals surface area contributed by atoms with E-state index in [0.717, 1.165) is 11.6 Å². The van der Waals surface area contributed by atoms with Gasteiger partial charge in [0.2, 0.25) is 6.79 Å². The minimum Gasteiger partial charge on any atom is -0.465 e. The minimum atomic E-state index is -1.32. The van der Waals surface area contributed by atoms with Crippen molar-refractivity contribution in [3.63, 3.8) is 0 Å². The number of nitrogens with zero attached hydrogens (tertiary/aromatic N) is 1. The minimum absolute atomic E-state index is 0.240. The summed E-state index contributed by atoms with van der Waals surface area (Å²) in [6.45, 7) is 11.5. The Bertz CT molecular complexity index is 734. The van der Waals surface area contributed by atoms with Crippen LogP contribution in [-0.2, 0) is 23.8 Å². The fourth-order valence-electron chi connectivity index (χ4n) is 2.21. The number of carbonyl (C=O) groups is 3. The molecular formula is C22H33NO6Si. The van der Waals surface area contributed by atoms with Crippen molar-refractivity contribution >= 4 is 32.2 Å². The molecule has 0 fully saturated rings. The number of carbonyl (C=O) groups excluding carboxylic acids is 3. The molecule has 1 rings (SSSR count). The summed E-state index contributed by atoms with van der Waals surface area (Å²) in [5.41, 5.74) is 0.171. The van der Waals surface area contributed by atoms with Gasteiger partial charge in [0.15, 0.2) is 0 Å². The van der Waals surface area contributed by atoms with Crippen molar-refractivity contribution in [2.75, 3.05) is 19.9 Å². The molecule has 0 saturated carbocycles. The average Bonchev–Trinajstić information content (AvgIpc) is 2.63. The largest absolute Gasteiger partial charge is 0.465 e. The van der Waals surface area contributed by atoms with E-state index in [1.165, 1.54) is 11.0 Å². The molecule has 0 aromatic heterocycles. The summed E-state index contributed by atoms with van der Waals surface area (Å²) in [6.07, 6.45) is 2.09. The summed E-state index contributed by atoms with van der Waals surface area (Å²) < 4.78 is 15.2. The van der Waals surface area contributed by atoms with Crippen molar-refractivity contribution in [1.82, 2.24) is 4.90 Å². The Labute approximate surface area is 180 Å². The van der Waals surface area contributed by atoms with Crippen molar-refractivity contribution in [2.24, 2.45) is 0 Å². The molecule has 1 amide bonds. The van der Waals surface area contributed by atoms with Crippen molar-refractivity contribution in [1.29, 1.82) is 0 Å². The molecule has 1 aromatic carbocycles. The molecule has 0 aliphatic rings. The molecule has 0 unspecified atom stereocenters. The third-order valence-electron chi connectivity index (χ3n) is 4.03. The molecule has 166 valence electrons. The Hall–Kier alpha value is -2.61. The van der Waals surface area contributed by atoms with Gasteiger partial charge in [0, 0.05) is 19.7 Å². The second-order valence-electron chi connectivity index (χ2n) is 9.02. The summed E-state index contributed by atoms with van der Waals surface area (Å²) in [4.78, 5) is 37.6. The van der Waals surface area contributed by atoms with E-state index in [4.69, 9.17) is 14.2 Å². The van der Waals surface area contributed by atoms with Gasteiger partial charge in [-0.05, 0) is 38.5 Å². The Morgan fingerprint density at radius 1 is 1.00 bits per heavy atom. The summed E-state index contributed by atoms with van der Waals surface area (Å²) in [7, 11) is -1.32. The lowest BCUT2D eigenvalue weighted by atomic mass is 10.1. The number of esters is 2. The monoisotopic (exact) mass is 435 g/mol. The number of rotatable bonds is 9. The molecular weight excluding hydrogens is 402 g/mol. The zero-order valence-corrected chi connectivity index (χ0v) is 19.8. The van der Waals surface area contributed by atoms with Gasteiger partial charge < -0.3 is 14.2 Å². The van der Waals surface area contributed by atoms with Crippen molar-refractivity contribution in [2.45, 2.75) is 52.0 Å². The van der Waals surface area contributed by atoms with E-state index < -0.39 is 38.4 Å². The first kappa shape index (κ1) is 25.4. The van der Waals surface area contributed by atoms with Gasteiger partial charge in [-0.3, -0.25) is 9.69 Å². The first-order valence-corrected chi connectivity index (χ1v) is 13.6. The fraction of sp³-hybridized carbons (Fsp3) is 0.500. The second-order valence-corrected chi connectivity index (χ2v) is 14.6. The van der Waals surface area contributed by atoms with Gasteiger partial charge in [-0.2, -0.15) is 0 Å². The molecule has 0 aliphatic heterocycles. The van der Waals surface area contributed by atoms with Crippen LogP contribution in [0.25, 0.3) is 6.08 Å². The van der Waals surface area contributed by atoms with Crippen LogP contribution in [0.15, 0.2) is 36.4 Å². The summed E-state index contributed by atoms with van der Waals surface area (Å²) in [5, 5.41) is 0. The van der Waals surface area contributed by atoms with Crippen molar-refractivity contribution in [3.8, 4) is 0 Å². The average molecular weight is 436 g/mol. The van der Waals surface area contributed by atoms with Crippen LogP contribution in [0.1, 0.15) is 26.3 Å². The molecule has 0 aliphatic carbocycles. The van der Waals surface area contributed by atoms with Gasteiger partial charge in [0.05, 0.1) is 6.61 Å². The number of hydrogen-bond donors (Lipinski definition) is 0. The van der Waals surface area contributed by atoms with Gasteiger partial charge >= 0.3 is 18.0 Å². The standard InChI is InChI=1S/C22H33NO6Si/c1-22(2,3)23(16-20(25)27-14-15-30(4,5)6)21(26)29-17-28-19(24)13-12-18-10-8-7-9-11-18/h7-13H,14-17H2,1-6H3. The van der Waals surface area contributed by atoms with E-state index in [-0.39, 0.29) is 6.54 Å². The number of ether oxygens (including phenoxy) is 3. The van der Waals surface area contributed by atoms with Crippen LogP contribution in [0, 0.1) is 0 Å². The normalized spacial score (nSPS) is 11.8. The third-order valence-corrected chi connectivity index (χ3v) is 5.73. The maximum absolute atomic E-state index is 12.4. The molecule has 0 atom stereocenters. The zero-order chi connectivity index (χ0) is 22.8. The Balaban J connectivity index is 2.50. The summed E-state index contributed by atoms with van der Waals surface area (Å²) in [5.74, 6) is -1.14. The van der Waals surface area contributed by atoms with Crippen molar-refractivity contribution in [3.05, 3.63) is 42.0 Å². The molecule has 0 radical (unpaired) electrons. The molecule has 7 nitrogen and oxygen atoms in total. The quantitative estimate of drug-likeness (QED) is 0.249. The number of benzene rings is 1. The smallest absolute Gasteiger partial charge is 0.413 e. The van der Waals surface area contributed by atoms with Crippen LogP contribution in [-0.4, -0.2) is 56.5 Å². The van der Waals surface area contributed by atoms with Crippen LogP contribution in [0.5, 0.6) is 0 Å². The maximum atomic E-state index is 12.4.